The first-order chi connectivity index (χ1) is 19.6. The van der Waals surface area contributed by atoms with Gasteiger partial charge in [0, 0.05) is 16.3 Å². The van der Waals surface area contributed by atoms with Gasteiger partial charge in [0.15, 0.2) is 0 Å². The number of aliphatic carboxylic acids is 2. The van der Waals surface area contributed by atoms with Crippen molar-refractivity contribution >= 4 is 38.4 Å². The van der Waals surface area contributed by atoms with Crippen LogP contribution in [0.4, 0.5) is 5.69 Å². The predicted molar refractivity (Wildman–Crippen MR) is 163 cm³/mol. The summed E-state index contributed by atoms with van der Waals surface area (Å²) in [5.74, 6) is -2.29. The number of ether oxygens (including phenoxy) is 1. The molecule has 4 rings (SSSR count). The van der Waals surface area contributed by atoms with Crippen LogP contribution in [0.1, 0.15) is 54.7 Å². The van der Waals surface area contributed by atoms with Gasteiger partial charge in [-0.25, -0.2) is 13.2 Å². The normalized spacial score (nSPS) is 12.6. The standard InChI is InChI=1S/C33H35NO7S/c1-20-17-21(2)31(22(3)18-20)42(39,40)34(19-29(35)36)27-15-16-28(26-10-8-7-9-25(26)27)41-30(32(37)38)23-11-13-24(14-12-23)33(4,5)6/h7-18,30H,19H2,1-6H3,(H,35,36)(H,37,38). The van der Waals surface area contributed by atoms with E-state index in [1.165, 1.54) is 12.1 Å². The van der Waals surface area contributed by atoms with Gasteiger partial charge in [-0.1, -0.05) is 87.0 Å². The van der Waals surface area contributed by atoms with Crippen LogP contribution in [0.5, 0.6) is 5.75 Å². The van der Waals surface area contributed by atoms with Crippen LogP contribution in [0.3, 0.4) is 0 Å². The largest absolute Gasteiger partial charge is 0.480 e. The number of aryl methyl sites for hydroxylation is 3. The second kappa shape index (κ2) is 11.5. The number of fused-ring (bicyclic) bond motifs is 1. The lowest BCUT2D eigenvalue weighted by molar-refractivity contribution is -0.145. The average Bonchev–Trinajstić information content (AvgIpc) is 2.89. The zero-order valence-corrected chi connectivity index (χ0v) is 25.3. The molecule has 0 saturated carbocycles. The van der Waals surface area contributed by atoms with Gasteiger partial charge in [-0.3, -0.25) is 9.10 Å². The summed E-state index contributed by atoms with van der Waals surface area (Å²) in [5, 5.41) is 20.6. The van der Waals surface area contributed by atoms with Crippen LogP contribution in [0.2, 0.25) is 0 Å². The second-order valence-corrected chi connectivity index (χ2v) is 13.3. The maximum Gasteiger partial charge on any atom is 0.349 e. The van der Waals surface area contributed by atoms with Crippen molar-refractivity contribution in [2.24, 2.45) is 0 Å². The number of hydrogen-bond donors (Lipinski definition) is 2. The van der Waals surface area contributed by atoms with Gasteiger partial charge in [-0.2, -0.15) is 0 Å². The molecule has 2 N–H and O–H groups in total. The van der Waals surface area contributed by atoms with E-state index < -0.39 is 34.6 Å². The van der Waals surface area contributed by atoms with Gasteiger partial charge < -0.3 is 14.9 Å². The topological polar surface area (TPSA) is 121 Å². The third-order valence-electron chi connectivity index (χ3n) is 7.11. The highest BCUT2D eigenvalue weighted by molar-refractivity contribution is 7.93. The molecule has 0 spiro atoms. The summed E-state index contributed by atoms with van der Waals surface area (Å²) in [6, 6.07) is 20.4. The number of nitrogens with zero attached hydrogens (tertiary/aromatic N) is 1. The van der Waals surface area contributed by atoms with E-state index in [4.69, 9.17) is 4.74 Å². The van der Waals surface area contributed by atoms with Crippen LogP contribution >= 0.6 is 0 Å². The Kier molecular flexibility index (Phi) is 8.36. The molecule has 8 nitrogen and oxygen atoms in total. The van der Waals surface area contributed by atoms with Crippen LogP contribution in [0.25, 0.3) is 10.8 Å². The van der Waals surface area contributed by atoms with Crippen LogP contribution in [0, 0.1) is 20.8 Å². The Hall–Kier alpha value is -4.37. The van der Waals surface area contributed by atoms with E-state index in [2.05, 4.69) is 20.8 Å². The van der Waals surface area contributed by atoms with E-state index in [1.54, 1.807) is 62.4 Å². The van der Waals surface area contributed by atoms with E-state index >= 15 is 0 Å². The molecule has 0 amide bonds. The van der Waals surface area contributed by atoms with Crippen molar-refractivity contribution in [2.45, 2.75) is 58.0 Å². The van der Waals surface area contributed by atoms with Crippen LogP contribution < -0.4 is 9.04 Å². The Morgan fingerprint density at radius 3 is 1.95 bits per heavy atom. The summed E-state index contributed by atoms with van der Waals surface area (Å²) in [5.41, 5.74) is 3.43. The molecule has 0 aliphatic heterocycles. The molecule has 4 aromatic rings. The summed E-state index contributed by atoms with van der Waals surface area (Å²) in [4.78, 5) is 24.3. The third-order valence-corrected chi connectivity index (χ3v) is 9.18. The fourth-order valence-electron chi connectivity index (χ4n) is 5.23. The molecule has 4 aromatic carbocycles. The van der Waals surface area contributed by atoms with Crippen molar-refractivity contribution in [2.75, 3.05) is 10.8 Å². The van der Waals surface area contributed by atoms with Gasteiger partial charge in [-0.15, -0.1) is 0 Å². The summed E-state index contributed by atoms with van der Waals surface area (Å²) < 4.78 is 35.0. The van der Waals surface area contributed by atoms with E-state index in [-0.39, 0.29) is 21.7 Å². The predicted octanol–water partition coefficient (Wildman–Crippen LogP) is 6.55. The minimum Gasteiger partial charge on any atom is -0.480 e. The van der Waals surface area contributed by atoms with Crippen LogP contribution in [0.15, 0.2) is 77.7 Å². The Balaban J connectivity index is 1.84. The molecule has 9 heteroatoms. The van der Waals surface area contributed by atoms with Gasteiger partial charge >= 0.3 is 11.9 Å². The van der Waals surface area contributed by atoms with Crippen molar-refractivity contribution in [1.82, 2.24) is 0 Å². The Morgan fingerprint density at radius 2 is 1.43 bits per heavy atom. The van der Waals surface area contributed by atoms with Crippen molar-refractivity contribution in [3.8, 4) is 5.75 Å². The van der Waals surface area contributed by atoms with Crippen molar-refractivity contribution < 1.29 is 33.0 Å². The van der Waals surface area contributed by atoms with Gasteiger partial charge in [0.2, 0.25) is 6.10 Å². The minimum absolute atomic E-state index is 0.0448. The van der Waals surface area contributed by atoms with Gasteiger partial charge in [-0.05, 0) is 55.0 Å². The van der Waals surface area contributed by atoms with E-state index in [1.807, 2.05) is 19.1 Å². The second-order valence-electron chi connectivity index (χ2n) is 11.5. The average molecular weight is 590 g/mol. The van der Waals surface area contributed by atoms with E-state index in [9.17, 15) is 28.2 Å². The smallest absolute Gasteiger partial charge is 0.349 e. The Labute approximate surface area is 246 Å². The van der Waals surface area contributed by atoms with E-state index in [0.717, 1.165) is 15.4 Å². The zero-order valence-electron chi connectivity index (χ0n) is 24.5. The van der Waals surface area contributed by atoms with Gasteiger partial charge in [0.1, 0.15) is 12.3 Å². The number of carbonyl (C=O) groups is 2. The quantitative estimate of drug-likeness (QED) is 0.227. The van der Waals surface area contributed by atoms with Gasteiger partial charge in [0.25, 0.3) is 10.0 Å². The number of benzene rings is 4. The minimum atomic E-state index is -4.31. The van der Waals surface area contributed by atoms with Crippen molar-refractivity contribution in [3.63, 3.8) is 0 Å². The number of carboxylic acid groups (broad SMARTS) is 2. The fourth-order valence-corrected chi connectivity index (χ4v) is 7.08. The molecule has 0 aliphatic rings. The van der Waals surface area contributed by atoms with Gasteiger partial charge in [0.05, 0.1) is 10.6 Å². The monoisotopic (exact) mass is 589 g/mol. The maximum atomic E-state index is 14.1. The lowest BCUT2D eigenvalue weighted by Crippen LogP contribution is -2.36. The summed E-state index contributed by atoms with van der Waals surface area (Å²) in [6.07, 6.45) is -1.33. The highest BCUT2D eigenvalue weighted by Crippen LogP contribution is 2.39. The van der Waals surface area contributed by atoms with E-state index in [0.29, 0.717) is 27.5 Å². The number of hydrogen-bond acceptors (Lipinski definition) is 5. The lowest BCUT2D eigenvalue weighted by atomic mass is 9.86. The molecule has 0 heterocycles. The fraction of sp³-hybridized carbons (Fsp3) is 0.273. The summed E-state index contributed by atoms with van der Waals surface area (Å²) >= 11 is 0. The molecule has 0 radical (unpaired) electrons. The molecule has 0 aromatic heterocycles. The lowest BCUT2D eigenvalue weighted by Gasteiger charge is -2.27. The molecule has 1 unspecified atom stereocenters. The molecule has 0 fully saturated rings. The van der Waals surface area contributed by atoms with Crippen LogP contribution in [-0.4, -0.2) is 37.1 Å². The van der Waals surface area contributed by atoms with Crippen LogP contribution in [-0.2, 0) is 25.0 Å². The molecule has 42 heavy (non-hydrogen) atoms. The summed E-state index contributed by atoms with van der Waals surface area (Å²) in [7, 11) is -4.31. The van der Waals surface area contributed by atoms with Crippen molar-refractivity contribution in [3.05, 3.63) is 101 Å². The highest BCUT2D eigenvalue weighted by atomic mass is 32.2. The molecule has 220 valence electrons. The molecular formula is C33H35NO7S. The number of carboxylic acids is 2. The molecule has 0 saturated heterocycles. The first-order valence-corrected chi connectivity index (χ1v) is 14.9. The number of rotatable bonds is 9. The zero-order chi connectivity index (χ0) is 31.0. The SMILES string of the molecule is Cc1cc(C)c(S(=O)(=O)N(CC(=O)O)c2ccc(OC(C(=O)O)c3ccc(C(C)(C)C)cc3)c3ccccc23)c(C)c1. The molecule has 0 aliphatic carbocycles. The number of sulfonamides is 1. The first kappa shape index (κ1) is 30.6. The molecular weight excluding hydrogens is 554 g/mol. The number of anilines is 1. The third kappa shape index (κ3) is 6.11. The molecule has 0 bridgehead atoms. The Morgan fingerprint density at radius 1 is 0.857 bits per heavy atom. The molecule has 1 atom stereocenters. The Bertz CT molecular complexity index is 1750. The summed E-state index contributed by atoms with van der Waals surface area (Å²) in [6.45, 7) is 10.6. The van der Waals surface area contributed by atoms with Crippen molar-refractivity contribution in [1.29, 1.82) is 0 Å². The maximum absolute atomic E-state index is 14.1. The first-order valence-electron chi connectivity index (χ1n) is 13.5. The highest BCUT2D eigenvalue weighted by Gasteiger charge is 2.32.